The molecule has 1 atom stereocenters. The van der Waals surface area contributed by atoms with Crippen LogP contribution in [0.4, 0.5) is 17.1 Å². The number of pyridine rings is 1. The van der Waals surface area contributed by atoms with Crippen molar-refractivity contribution in [1.29, 1.82) is 5.26 Å². The molecule has 2 aromatic carbocycles. The summed E-state index contributed by atoms with van der Waals surface area (Å²) in [5.74, 6) is 0.736. The molecule has 0 aliphatic carbocycles. The molecule has 190 valence electrons. The van der Waals surface area contributed by atoms with Crippen molar-refractivity contribution in [3.63, 3.8) is 0 Å². The predicted octanol–water partition coefficient (Wildman–Crippen LogP) is 3.67. The number of aromatic nitrogens is 3. The van der Waals surface area contributed by atoms with E-state index in [1.807, 2.05) is 31.2 Å². The highest BCUT2D eigenvalue weighted by Gasteiger charge is 2.20. The summed E-state index contributed by atoms with van der Waals surface area (Å²) in [5.41, 5.74) is 12.8. The van der Waals surface area contributed by atoms with Crippen LogP contribution in [0.15, 0.2) is 53.5 Å². The molecule has 0 radical (unpaired) electrons. The Labute approximate surface area is 215 Å². The summed E-state index contributed by atoms with van der Waals surface area (Å²) in [4.78, 5) is 28.5. The van der Waals surface area contributed by atoms with Gasteiger partial charge in [0.25, 0.3) is 5.56 Å². The minimum Gasteiger partial charge on any atom is -0.399 e. The van der Waals surface area contributed by atoms with Crippen molar-refractivity contribution >= 4 is 28.1 Å². The third-order valence-electron chi connectivity index (χ3n) is 7.07. The SMILES string of the molecule is Cc1cc(N2CCN(CC#N)CC2)cc2[nH]c(-c3c(NC[C@@H](C)c4cccc(N)c4)cc[nH]c3=O)nc12. The van der Waals surface area contributed by atoms with Crippen molar-refractivity contribution < 1.29 is 0 Å². The van der Waals surface area contributed by atoms with Crippen molar-refractivity contribution in [2.45, 2.75) is 19.8 Å². The maximum Gasteiger partial charge on any atom is 0.261 e. The van der Waals surface area contributed by atoms with E-state index in [2.05, 4.69) is 56.3 Å². The molecule has 2 aromatic heterocycles. The van der Waals surface area contributed by atoms with Crippen LogP contribution in [0, 0.1) is 18.3 Å². The summed E-state index contributed by atoms with van der Waals surface area (Å²) >= 11 is 0. The van der Waals surface area contributed by atoms with Crippen LogP contribution in [0.1, 0.15) is 24.0 Å². The van der Waals surface area contributed by atoms with Gasteiger partial charge in [-0.2, -0.15) is 5.26 Å². The Morgan fingerprint density at radius 3 is 2.76 bits per heavy atom. The van der Waals surface area contributed by atoms with Gasteiger partial charge in [0.2, 0.25) is 0 Å². The number of anilines is 3. The number of piperazine rings is 1. The molecule has 3 heterocycles. The van der Waals surface area contributed by atoms with Crippen LogP contribution in [-0.2, 0) is 0 Å². The molecule has 0 unspecified atom stereocenters. The molecule has 1 saturated heterocycles. The summed E-state index contributed by atoms with van der Waals surface area (Å²) in [7, 11) is 0. The monoisotopic (exact) mass is 496 g/mol. The van der Waals surface area contributed by atoms with Gasteiger partial charge in [-0.05, 0) is 54.3 Å². The predicted molar refractivity (Wildman–Crippen MR) is 149 cm³/mol. The number of rotatable bonds is 7. The van der Waals surface area contributed by atoms with E-state index >= 15 is 0 Å². The average Bonchev–Trinajstić information content (AvgIpc) is 3.32. The van der Waals surface area contributed by atoms with Gasteiger partial charge in [0, 0.05) is 50.3 Å². The van der Waals surface area contributed by atoms with Gasteiger partial charge in [-0.1, -0.05) is 19.1 Å². The van der Waals surface area contributed by atoms with Crippen molar-refractivity contribution in [3.05, 3.63) is 70.1 Å². The number of fused-ring (bicyclic) bond motifs is 1. The van der Waals surface area contributed by atoms with Crippen LogP contribution in [0.3, 0.4) is 0 Å². The minimum atomic E-state index is -0.202. The van der Waals surface area contributed by atoms with Crippen LogP contribution in [0.5, 0.6) is 0 Å². The molecule has 5 rings (SSSR count). The standard InChI is InChI=1S/C28H32N8O/c1-18-14-22(36-12-10-35(9-7-29)11-13-36)16-24-26(18)34-27(33-24)25-23(6-8-31-28(25)37)32-17-19(2)20-4-3-5-21(30)15-20/h3-6,8,14-16,19H,9-13,17,30H2,1-2H3,(H,33,34)(H2,31,32,37)/t19-/m1/s1. The molecule has 0 bridgehead atoms. The lowest BCUT2D eigenvalue weighted by Gasteiger charge is -2.35. The fourth-order valence-electron chi connectivity index (χ4n) is 4.94. The lowest BCUT2D eigenvalue weighted by Crippen LogP contribution is -2.46. The number of hydrogen-bond acceptors (Lipinski definition) is 7. The molecular weight excluding hydrogens is 464 g/mol. The normalized spacial score (nSPS) is 15.0. The largest absolute Gasteiger partial charge is 0.399 e. The van der Waals surface area contributed by atoms with Crippen LogP contribution >= 0.6 is 0 Å². The highest BCUT2D eigenvalue weighted by atomic mass is 16.1. The maximum absolute atomic E-state index is 13.0. The lowest BCUT2D eigenvalue weighted by molar-refractivity contribution is 0.287. The van der Waals surface area contributed by atoms with E-state index < -0.39 is 0 Å². The number of aromatic amines is 2. The Kier molecular flexibility index (Phi) is 6.84. The molecule has 1 fully saturated rings. The zero-order valence-corrected chi connectivity index (χ0v) is 21.2. The molecule has 4 aromatic rings. The topological polar surface area (TPSA) is 130 Å². The van der Waals surface area contributed by atoms with Crippen molar-refractivity contribution in [1.82, 2.24) is 19.9 Å². The first-order chi connectivity index (χ1) is 17.9. The molecule has 0 amide bonds. The molecule has 5 N–H and O–H groups in total. The lowest BCUT2D eigenvalue weighted by atomic mass is 10.0. The quantitative estimate of drug-likeness (QED) is 0.227. The Morgan fingerprint density at radius 2 is 2.00 bits per heavy atom. The van der Waals surface area contributed by atoms with Crippen molar-refractivity contribution in [3.8, 4) is 17.5 Å². The number of aryl methyl sites for hydroxylation is 1. The van der Waals surface area contributed by atoms with E-state index in [4.69, 9.17) is 16.0 Å². The number of nitrogens with zero attached hydrogens (tertiary/aromatic N) is 4. The number of nitrogen functional groups attached to an aromatic ring is 1. The summed E-state index contributed by atoms with van der Waals surface area (Å²) in [6.07, 6.45) is 1.65. The van der Waals surface area contributed by atoms with E-state index in [1.54, 1.807) is 6.20 Å². The summed E-state index contributed by atoms with van der Waals surface area (Å²) in [5, 5.41) is 12.4. The second kappa shape index (κ2) is 10.4. The number of nitrogens with two attached hydrogens (primary N) is 1. The third kappa shape index (κ3) is 5.15. The van der Waals surface area contributed by atoms with Gasteiger partial charge in [-0.15, -0.1) is 0 Å². The number of imidazole rings is 1. The van der Waals surface area contributed by atoms with E-state index in [0.717, 1.165) is 65.4 Å². The van der Waals surface area contributed by atoms with E-state index in [0.29, 0.717) is 24.5 Å². The molecule has 1 aliphatic heterocycles. The van der Waals surface area contributed by atoms with E-state index in [9.17, 15) is 4.79 Å². The highest BCUT2D eigenvalue weighted by Crippen LogP contribution is 2.30. The van der Waals surface area contributed by atoms with Crippen LogP contribution in [-0.4, -0.2) is 59.1 Å². The summed E-state index contributed by atoms with van der Waals surface area (Å²) < 4.78 is 0. The third-order valence-corrected chi connectivity index (χ3v) is 7.07. The van der Waals surface area contributed by atoms with Crippen LogP contribution < -0.4 is 21.5 Å². The van der Waals surface area contributed by atoms with Gasteiger partial charge in [0.1, 0.15) is 11.4 Å². The number of H-pyrrole nitrogens is 2. The second-order valence-corrected chi connectivity index (χ2v) is 9.71. The minimum absolute atomic E-state index is 0.199. The first-order valence-electron chi connectivity index (χ1n) is 12.6. The van der Waals surface area contributed by atoms with Gasteiger partial charge in [-0.3, -0.25) is 9.69 Å². The molecular formula is C28H32N8O. The van der Waals surface area contributed by atoms with Gasteiger partial charge in [-0.25, -0.2) is 4.98 Å². The van der Waals surface area contributed by atoms with Gasteiger partial charge in [0.05, 0.1) is 29.3 Å². The first-order valence-corrected chi connectivity index (χ1v) is 12.6. The van der Waals surface area contributed by atoms with Gasteiger partial charge < -0.3 is 25.9 Å². The van der Waals surface area contributed by atoms with E-state index in [1.165, 1.54) is 0 Å². The number of nitrogens with one attached hydrogen (secondary N) is 3. The van der Waals surface area contributed by atoms with Gasteiger partial charge >= 0.3 is 0 Å². The first kappa shape index (κ1) is 24.4. The van der Waals surface area contributed by atoms with Crippen LogP contribution in [0.25, 0.3) is 22.4 Å². The molecule has 0 spiro atoms. The summed E-state index contributed by atoms with van der Waals surface area (Å²) in [6, 6.07) is 16.2. The summed E-state index contributed by atoms with van der Waals surface area (Å²) in [6.45, 7) is 8.74. The Morgan fingerprint density at radius 1 is 1.19 bits per heavy atom. The maximum atomic E-state index is 13.0. The smallest absolute Gasteiger partial charge is 0.261 e. The fraction of sp³-hybridized carbons (Fsp3) is 0.321. The Hall–Kier alpha value is -4.29. The average molecular weight is 497 g/mol. The zero-order chi connectivity index (χ0) is 25.9. The molecule has 9 nitrogen and oxygen atoms in total. The molecule has 9 heteroatoms. The molecule has 0 saturated carbocycles. The van der Waals surface area contributed by atoms with Crippen molar-refractivity contribution in [2.24, 2.45) is 0 Å². The second-order valence-electron chi connectivity index (χ2n) is 9.71. The fourth-order valence-corrected chi connectivity index (χ4v) is 4.94. The van der Waals surface area contributed by atoms with Crippen LogP contribution in [0.2, 0.25) is 0 Å². The molecule has 37 heavy (non-hydrogen) atoms. The highest BCUT2D eigenvalue weighted by molar-refractivity contribution is 5.87. The van der Waals surface area contributed by atoms with Crippen molar-refractivity contribution in [2.75, 3.05) is 55.2 Å². The number of benzene rings is 2. The zero-order valence-electron chi connectivity index (χ0n) is 21.2. The Balaban J connectivity index is 1.41. The van der Waals surface area contributed by atoms with E-state index in [-0.39, 0.29) is 11.5 Å². The molecule has 1 aliphatic rings. The Bertz CT molecular complexity index is 1510. The van der Waals surface area contributed by atoms with Gasteiger partial charge in [0.15, 0.2) is 0 Å². The number of hydrogen-bond donors (Lipinski definition) is 4. The number of nitriles is 1.